The van der Waals surface area contributed by atoms with Crippen molar-refractivity contribution in [3.05, 3.63) is 71.8 Å². The summed E-state index contributed by atoms with van der Waals surface area (Å²) in [7, 11) is -1.80. The molecule has 2 aromatic carbocycles. The predicted molar refractivity (Wildman–Crippen MR) is 128 cm³/mol. The maximum absolute atomic E-state index is 13.9. The highest BCUT2D eigenvalue weighted by molar-refractivity contribution is 6.81. The van der Waals surface area contributed by atoms with Crippen LogP contribution in [0, 0.1) is 16.7 Å². The second-order valence-electron chi connectivity index (χ2n) is 11.8. The van der Waals surface area contributed by atoms with Crippen molar-refractivity contribution in [3.8, 4) is 0 Å². The van der Waals surface area contributed by atoms with Crippen LogP contribution in [0.5, 0.6) is 0 Å². The molecule has 168 valence electrons. The third-order valence-electron chi connectivity index (χ3n) is 9.15. The lowest BCUT2D eigenvalue weighted by Gasteiger charge is -2.47. The lowest BCUT2D eigenvalue weighted by atomic mass is 9.75. The average Bonchev–Trinajstić information content (AvgIpc) is 3.34. The monoisotopic (exact) mass is 446 g/mol. The molecule has 5 atom stereocenters. The number of hydrogen-bond donors (Lipinski definition) is 0. The lowest BCUT2D eigenvalue weighted by Crippen LogP contribution is -2.53. The Kier molecular flexibility index (Phi) is 4.33. The van der Waals surface area contributed by atoms with E-state index in [0.717, 1.165) is 36.8 Å². The zero-order valence-corrected chi connectivity index (χ0v) is 20.6. The third kappa shape index (κ3) is 2.57. The molecule has 0 aromatic heterocycles. The molecule has 0 unspecified atom stereocenters. The van der Waals surface area contributed by atoms with Gasteiger partial charge in [0.25, 0.3) is 0 Å². The minimum Gasteiger partial charge on any atom is -0.338 e. The molecular formula is C28H34O3Si. The summed E-state index contributed by atoms with van der Waals surface area (Å²) in [5.74, 6) is 0.214. The van der Waals surface area contributed by atoms with E-state index in [1.807, 2.05) is 12.1 Å². The first-order valence-electron chi connectivity index (χ1n) is 12.2. The fourth-order valence-electron chi connectivity index (χ4n) is 7.90. The van der Waals surface area contributed by atoms with E-state index >= 15 is 0 Å². The fourth-order valence-corrected chi connectivity index (χ4v) is 11.2. The first kappa shape index (κ1) is 20.8. The number of hydrogen-bond acceptors (Lipinski definition) is 3. The molecule has 32 heavy (non-hydrogen) atoms. The Morgan fingerprint density at radius 1 is 0.812 bits per heavy atom. The predicted octanol–water partition coefficient (Wildman–Crippen LogP) is 6.70. The van der Waals surface area contributed by atoms with Crippen molar-refractivity contribution in [2.24, 2.45) is 16.7 Å². The van der Waals surface area contributed by atoms with Crippen LogP contribution in [0.3, 0.4) is 0 Å². The quantitative estimate of drug-likeness (QED) is 0.492. The SMILES string of the molecule is C[C@@]12[C@H]([Si](C)(C)C)C(=O)C3(CC3)[C@@H]1CCC21O[C@@H](c2ccccc2)[C@H](c2ccccc2)O1. The van der Waals surface area contributed by atoms with Gasteiger partial charge in [0, 0.05) is 22.8 Å². The van der Waals surface area contributed by atoms with Gasteiger partial charge in [0.15, 0.2) is 5.79 Å². The van der Waals surface area contributed by atoms with E-state index in [1.165, 1.54) is 0 Å². The second kappa shape index (κ2) is 6.65. The topological polar surface area (TPSA) is 35.5 Å². The smallest absolute Gasteiger partial charge is 0.176 e. The highest BCUT2D eigenvalue weighted by Gasteiger charge is 2.81. The Morgan fingerprint density at radius 3 is 1.75 bits per heavy atom. The van der Waals surface area contributed by atoms with Gasteiger partial charge in [-0.25, -0.2) is 0 Å². The Hall–Kier alpha value is -1.75. The van der Waals surface area contributed by atoms with Crippen molar-refractivity contribution >= 4 is 13.9 Å². The number of carbonyl (C=O) groups excluding carboxylic acids is 1. The van der Waals surface area contributed by atoms with Gasteiger partial charge in [-0.2, -0.15) is 0 Å². The molecule has 3 aliphatic carbocycles. The van der Waals surface area contributed by atoms with E-state index in [-0.39, 0.29) is 28.6 Å². The van der Waals surface area contributed by atoms with Crippen LogP contribution in [0.2, 0.25) is 25.2 Å². The van der Waals surface area contributed by atoms with E-state index in [0.29, 0.717) is 11.7 Å². The van der Waals surface area contributed by atoms with Gasteiger partial charge in [0.05, 0.1) is 8.07 Å². The van der Waals surface area contributed by atoms with Crippen LogP contribution in [-0.2, 0) is 14.3 Å². The van der Waals surface area contributed by atoms with Crippen LogP contribution in [-0.4, -0.2) is 19.6 Å². The molecule has 4 aliphatic rings. The van der Waals surface area contributed by atoms with Crippen LogP contribution >= 0.6 is 0 Å². The summed E-state index contributed by atoms with van der Waals surface area (Å²) in [4.78, 5) is 13.9. The fraction of sp³-hybridized carbons (Fsp3) is 0.536. The molecule has 1 saturated heterocycles. The molecule has 3 nitrogen and oxygen atoms in total. The minimum absolute atomic E-state index is 0.0796. The number of benzene rings is 2. The molecule has 3 saturated carbocycles. The first-order chi connectivity index (χ1) is 15.2. The van der Waals surface area contributed by atoms with Crippen molar-refractivity contribution in [1.82, 2.24) is 0 Å². The molecule has 1 aliphatic heterocycles. The van der Waals surface area contributed by atoms with E-state index in [4.69, 9.17) is 9.47 Å². The highest BCUT2D eigenvalue weighted by atomic mass is 28.3. The number of rotatable bonds is 3. The van der Waals surface area contributed by atoms with Gasteiger partial charge in [-0.15, -0.1) is 0 Å². The van der Waals surface area contributed by atoms with Gasteiger partial charge >= 0.3 is 0 Å². The molecule has 6 rings (SSSR count). The molecule has 1 heterocycles. The Labute approximate surface area is 192 Å². The highest BCUT2D eigenvalue weighted by Crippen LogP contribution is 2.80. The zero-order valence-electron chi connectivity index (χ0n) is 19.6. The normalized spacial score (nSPS) is 36.7. The summed E-state index contributed by atoms with van der Waals surface area (Å²) >= 11 is 0. The number of ketones is 1. The summed E-state index contributed by atoms with van der Waals surface area (Å²) in [5.41, 5.74) is 2.03. The maximum atomic E-state index is 13.9. The summed E-state index contributed by atoms with van der Waals surface area (Å²) in [6.45, 7) is 9.45. The van der Waals surface area contributed by atoms with Gasteiger partial charge in [0.2, 0.25) is 0 Å². The third-order valence-corrected chi connectivity index (χ3v) is 11.7. The molecule has 0 N–H and O–H groups in total. The first-order valence-corrected chi connectivity index (χ1v) is 15.8. The Morgan fingerprint density at radius 2 is 1.31 bits per heavy atom. The van der Waals surface area contributed by atoms with Crippen LogP contribution in [0.25, 0.3) is 0 Å². The molecular weight excluding hydrogens is 412 g/mol. The Bertz CT molecular complexity index is 992. The van der Waals surface area contributed by atoms with Gasteiger partial charge in [-0.05, 0) is 36.3 Å². The van der Waals surface area contributed by atoms with Crippen LogP contribution < -0.4 is 0 Å². The molecule has 4 heteroatoms. The summed E-state index contributed by atoms with van der Waals surface area (Å²) < 4.78 is 14.2. The summed E-state index contributed by atoms with van der Waals surface area (Å²) in [6.07, 6.45) is 3.72. The number of ether oxygens (including phenoxy) is 2. The second-order valence-corrected chi connectivity index (χ2v) is 17.2. The van der Waals surface area contributed by atoms with E-state index in [2.05, 4.69) is 75.1 Å². The zero-order chi connectivity index (χ0) is 22.4. The van der Waals surface area contributed by atoms with Crippen molar-refractivity contribution in [2.75, 3.05) is 0 Å². The van der Waals surface area contributed by atoms with Crippen molar-refractivity contribution in [1.29, 1.82) is 0 Å². The summed E-state index contributed by atoms with van der Waals surface area (Å²) in [5, 5.41) is 0. The van der Waals surface area contributed by atoms with Crippen molar-refractivity contribution < 1.29 is 14.3 Å². The van der Waals surface area contributed by atoms with Gasteiger partial charge in [0.1, 0.15) is 18.0 Å². The van der Waals surface area contributed by atoms with Crippen LogP contribution in [0.15, 0.2) is 60.7 Å². The van der Waals surface area contributed by atoms with Gasteiger partial charge in [-0.3, -0.25) is 4.79 Å². The van der Waals surface area contributed by atoms with Crippen molar-refractivity contribution in [2.45, 2.75) is 75.8 Å². The standard InChI is InChI=1S/C28H34O3Si/c1-26-21(27(17-18-27)24(29)25(26)32(2,3)4)15-16-28(26)30-22(19-11-7-5-8-12-19)23(31-28)20-13-9-6-10-14-20/h5-14,21-23,25H,15-18H2,1-4H3/t21-,22+,23+,25-,26+/m1/s1. The summed E-state index contributed by atoms with van der Waals surface area (Å²) in [6, 6.07) is 21.0. The van der Waals surface area contributed by atoms with E-state index in [9.17, 15) is 4.79 Å². The Balaban J connectivity index is 1.49. The lowest BCUT2D eigenvalue weighted by molar-refractivity contribution is -0.237. The average molecular weight is 447 g/mol. The molecule has 0 amide bonds. The largest absolute Gasteiger partial charge is 0.338 e. The molecule has 2 spiro atoms. The van der Waals surface area contributed by atoms with Gasteiger partial charge in [-0.1, -0.05) is 87.2 Å². The van der Waals surface area contributed by atoms with E-state index < -0.39 is 13.9 Å². The molecule has 0 radical (unpaired) electrons. The molecule has 4 fully saturated rings. The molecule has 0 bridgehead atoms. The number of Topliss-reactive ketones (excluding diaryl/α,β-unsaturated/α-hetero) is 1. The van der Waals surface area contributed by atoms with Gasteiger partial charge < -0.3 is 9.47 Å². The van der Waals surface area contributed by atoms with Crippen LogP contribution in [0.1, 0.15) is 55.9 Å². The minimum atomic E-state index is -1.80. The van der Waals surface area contributed by atoms with Crippen molar-refractivity contribution in [3.63, 3.8) is 0 Å². The van der Waals surface area contributed by atoms with Crippen LogP contribution in [0.4, 0.5) is 0 Å². The van der Waals surface area contributed by atoms with E-state index in [1.54, 1.807) is 0 Å². The number of carbonyl (C=O) groups is 1. The molecule has 2 aromatic rings. The number of fused-ring (bicyclic) bond motifs is 3. The maximum Gasteiger partial charge on any atom is 0.176 e.